The number of hydrogen-bond acceptors (Lipinski definition) is 4. The van der Waals surface area contributed by atoms with Crippen LogP contribution in [-0.4, -0.2) is 16.1 Å². The van der Waals surface area contributed by atoms with Gasteiger partial charge in [0.15, 0.2) is 4.75 Å². The molecule has 98 valence electrons. The monoisotopic (exact) mass is 286 g/mol. The lowest BCUT2D eigenvalue weighted by atomic mass is 9.95. The number of thioether (sulfide) groups is 1. The number of benzene rings is 1. The standard InChI is InChI=1S/C14H7FN2O2S/c15-7-1-2-8-9-6-16-4-3-10(9)14(11(8)5-7)12(18)17-13(19)20-14/h1-6H,(H,17,18,19). The smallest absolute Gasteiger partial charge is 0.285 e. The number of pyridine rings is 1. The lowest BCUT2D eigenvalue weighted by Gasteiger charge is -2.20. The van der Waals surface area contributed by atoms with E-state index in [0.29, 0.717) is 11.1 Å². The van der Waals surface area contributed by atoms with E-state index in [9.17, 15) is 14.0 Å². The normalized spacial score (nSPS) is 22.9. The van der Waals surface area contributed by atoms with Crippen molar-refractivity contribution in [1.82, 2.24) is 10.3 Å². The molecular weight excluding hydrogens is 279 g/mol. The van der Waals surface area contributed by atoms with Crippen molar-refractivity contribution in [2.24, 2.45) is 0 Å². The molecule has 4 rings (SSSR count). The van der Waals surface area contributed by atoms with Gasteiger partial charge in [0.2, 0.25) is 0 Å². The fourth-order valence-corrected chi connectivity index (χ4v) is 3.98. The summed E-state index contributed by atoms with van der Waals surface area (Å²) in [4.78, 5) is 28.0. The zero-order valence-corrected chi connectivity index (χ0v) is 10.8. The highest BCUT2D eigenvalue weighted by molar-refractivity contribution is 8.15. The summed E-state index contributed by atoms with van der Waals surface area (Å²) in [7, 11) is 0. The Balaban J connectivity index is 2.12. The largest absolute Gasteiger partial charge is 0.287 e. The van der Waals surface area contributed by atoms with E-state index >= 15 is 0 Å². The number of nitrogens with zero attached hydrogens (tertiary/aromatic N) is 1. The molecule has 2 amide bonds. The maximum absolute atomic E-state index is 13.6. The second-order valence-corrected chi connectivity index (χ2v) is 5.82. The first-order valence-electron chi connectivity index (χ1n) is 5.92. The molecule has 1 aromatic heterocycles. The fourth-order valence-electron chi connectivity index (χ4n) is 2.85. The predicted molar refractivity (Wildman–Crippen MR) is 71.5 cm³/mol. The van der Waals surface area contributed by atoms with Crippen molar-refractivity contribution in [2.75, 3.05) is 0 Å². The molecule has 1 aromatic carbocycles. The number of amides is 2. The summed E-state index contributed by atoms with van der Waals surface area (Å²) in [6, 6.07) is 5.99. The van der Waals surface area contributed by atoms with Gasteiger partial charge in [0.1, 0.15) is 5.82 Å². The van der Waals surface area contributed by atoms with Crippen LogP contribution < -0.4 is 5.32 Å². The Hall–Kier alpha value is -2.21. The third-order valence-corrected chi connectivity index (χ3v) is 4.85. The number of carbonyl (C=O) groups is 2. The maximum Gasteiger partial charge on any atom is 0.287 e. The minimum Gasteiger partial charge on any atom is -0.285 e. The lowest BCUT2D eigenvalue weighted by Crippen LogP contribution is -2.33. The van der Waals surface area contributed by atoms with Gasteiger partial charge in [-0.2, -0.15) is 0 Å². The molecule has 2 heterocycles. The van der Waals surface area contributed by atoms with Crippen molar-refractivity contribution in [3.05, 3.63) is 53.6 Å². The Morgan fingerprint density at radius 2 is 2.00 bits per heavy atom. The molecule has 1 unspecified atom stereocenters. The van der Waals surface area contributed by atoms with Crippen LogP contribution in [0.25, 0.3) is 11.1 Å². The second-order valence-electron chi connectivity index (χ2n) is 4.64. The molecule has 0 saturated carbocycles. The molecule has 1 fully saturated rings. The van der Waals surface area contributed by atoms with Gasteiger partial charge in [-0.25, -0.2) is 4.39 Å². The van der Waals surface area contributed by atoms with Gasteiger partial charge in [-0.1, -0.05) is 6.07 Å². The summed E-state index contributed by atoms with van der Waals surface area (Å²) in [5, 5.41) is 1.87. The van der Waals surface area contributed by atoms with E-state index in [1.165, 1.54) is 12.1 Å². The number of nitrogens with one attached hydrogen (secondary N) is 1. The molecule has 2 aromatic rings. The first-order valence-corrected chi connectivity index (χ1v) is 6.74. The Bertz CT molecular complexity index is 792. The SMILES string of the molecule is O=C1NC(=O)C2(S1)c1ccncc1-c1ccc(F)cc12. The third kappa shape index (κ3) is 1.24. The van der Waals surface area contributed by atoms with Gasteiger partial charge in [-0.05, 0) is 46.7 Å². The van der Waals surface area contributed by atoms with Gasteiger partial charge >= 0.3 is 0 Å². The van der Waals surface area contributed by atoms with E-state index in [1.807, 2.05) is 0 Å². The highest BCUT2D eigenvalue weighted by atomic mass is 32.2. The van der Waals surface area contributed by atoms with Crippen molar-refractivity contribution in [1.29, 1.82) is 0 Å². The van der Waals surface area contributed by atoms with Crippen LogP contribution in [0.3, 0.4) is 0 Å². The van der Waals surface area contributed by atoms with Gasteiger partial charge in [0.05, 0.1) is 0 Å². The summed E-state index contributed by atoms with van der Waals surface area (Å²) < 4.78 is 12.4. The van der Waals surface area contributed by atoms with Gasteiger partial charge in [-0.15, -0.1) is 0 Å². The van der Waals surface area contributed by atoms with Crippen LogP contribution in [0.5, 0.6) is 0 Å². The van der Waals surface area contributed by atoms with E-state index in [-0.39, 0.29) is 0 Å². The van der Waals surface area contributed by atoms with Crippen LogP contribution in [0.1, 0.15) is 11.1 Å². The van der Waals surface area contributed by atoms with Crippen LogP contribution >= 0.6 is 11.8 Å². The summed E-state index contributed by atoms with van der Waals surface area (Å²) in [5.74, 6) is -0.860. The van der Waals surface area contributed by atoms with Crippen LogP contribution in [0.4, 0.5) is 9.18 Å². The number of carbonyl (C=O) groups excluding carboxylic acids is 2. The highest BCUT2D eigenvalue weighted by Gasteiger charge is 2.56. The number of halogens is 1. The second kappa shape index (κ2) is 3.67. The fraction of sp³-hybridized carbons (Fsp3) is 0.0714. The Morgan fingerprint density at radius 3 is 2.75 bits per heavy atom. The summed E-state index contributed by atoms with van der Waals surface area (Å²) in [6.07, 6.45) is 3.21. The van der Waals surface area contributed by atoms with Crippen LogP contribution in [0, 0.1) is 5.82 Å². The van der Waals surface area contributed by atoms with E-state index in [1.54, 1.807) is 24.5 Å². The molecule has 1 N–H and O–H groups in total. The van der Waals surface area contributed by atoms with E-state index in [4.69, 9.17) is 0 Å². The average Bonchev–Trinajstić information content (AvgIpc) is 2.88. The molecular formula is C14H7FN2O2S. The molecule has 1 atom stereocenters. The molecule has 20 heavy (non-hydrogen) atoms. The number of hydrogen-bond donors (Lipinski definition) is 1. The summed E-state index contributed by atoms with van der Waals surface area (Å²) >= 11 is 0.884. The number of fused-ring (bicyclic) bond motifs is 5. The van der Waals surface area contributed by atoms with Crippen molar-refractivity contribution in [3.8, 4) is 11.1 Å². The number of aromatic nitrogens is 1. The molecule has 4 nitrogen and oxygen atoms in total. The molecule has 0 bridgehead atoms. The minimum atomic E-state index is -1.19. The zero-order valence-electron chi connectivity index (χ0n) is 10.0. The van der Waals surface area contributed by atoms with Gasteiger partial charge < -0.3 is 0 Å². The predicted octanol–water partition coefficient (Wildman–Crippen LogP) is 2.43. The van der Waals surface area contributed by atoms with Gasteiger partial charge in [0.25, 0.3) is 11.1 Å². The van der Waals surface area contributed by atoms with Crippen molar-refractivity contribution in [2.45, 2.75) is 4.75 Å². The number of rotatable bonds is 0. The summed E-state index contributed by atoms with van der Waals surface area (Å²) in [6.45, 7) is 0. The van der Waals surface area contributed by atoms with Crippen molar-refractivity contribution in [3.63, 3.8) is 0 Å². The van der Waals surface area contributed by atoms with Gasteiger partial charge in [-0.3, -0.25) is 19.9 Å². The Morgan fingerprint density at radius 1 is 1.15 bits per heavy atom. The van der Waals surface area contributed by atoms with E-state index in [0.717, 1.165) is 22.9 Å². The van der Waals surface area contributed by atoms with Crippen LogP contribution in [0.15, 0.2) is 36.7 Å². The number of imide groups is 1. The molecule has 1 aliphatic carbocycles. The first kappa shape index (κ1) is 11.6. The minimum absolute atomic E-state index is 0.421. The van der Waals surface area contributed by atoms with Crippen molar-refractivity contribution >= 4 is 22.9 Å². The molecule has 6 heteroatoms. The topological polar surface area (TPSA) is 59.1 Å². The molecule has 1 aliphatic heterocycles. The lowest BCUT2D eigenvalue weighted by molar-refractivity contribution is -0.120. The van der Waals surface area contributed by atoms with E-state index < -0.39 is 21.7 Å². The molecule has 1 spiro atoms. The van der Waals surface area contributed by atoms with Crippen LogP contribution in [0.2, 0.25) is 0 Å². The average molecular weight is 286 g/mol. The molecule has 2 aliphatic rings. The maximum atomic E-state index is 13.6. The first-order chi connectivity index (χ1) is 9.63. The van der Waals surface area contributed by atoms with Crippen LogP contribution in [-0.2, 0) is 9.54 Å². The van der Waals surface area contributed by atoms with Gasteiger partial charge in [0, 0.05) is 18.0 Å². The third-order valence-electron chi connectivity index (χ3n) is 3.63. The quantitative estimate of drug-likeness (QED) is 0.808. The Labute approximate surface area is 117 Å². The van der Waals surface area contributed by atoms with E-state index in [2.05, 4.69) is 10.3 Å². The highest BCUT2D eigenvalue weighted by Crippen LogP contribution is 2.57. The zero-order chi connectivity index (χ0) is 13.9. The van der Waals surface area contributed by atoms with Crippen molar-refractivity contribution < 1.29 is 14.0 Å². The summed E-state index contributed by atoms with van der Waals surface area (Å²) in [5.41, 5.74) is 2.70. The molecule has 1 saturated heterocycles. The Kier molecular flexibility index (Phi) is 2.13. The molecule has 0 radical (unpaired) electrons.